The standard InChI is InChI=1S/2C23H33N3O5S/c2*1-16(2)12-19(23(27)25-28)15-32(29,30)26-10-8-20(9-11-26)31-14-18-13-17(3)24-22-7-5-4-6-21(18)22/h2*4-7,13,16,19-20,28H,8-12,14-15H2,1-3H3,(H,25,27)/t19-;/m1./s1. The van der Waals surface area contributed by atoms with E-state index in [4.69, 9.17) is 19.9 Å². The molecule has 6 rings (SSSR count). The highest BCUT2D eigenvalue weighted by Crippen LogP contribution is 2.26. The van der Waals surface area contributed by atoms with Gasteiger partial charge in [-0.2, -0.15) is 0 Å². The molecule has 4 heterocycles. The van der Waals surface area contributed by atoms with Crippen LogP contribution in [0.4, 0.5) is 0 Å². The summed E-state index contributed by atoms with van der Waals surface area (Å²) in [6.45, 7) is 13.9. The molecule has 16 nitrogen and oxygen atoms in total. The fraction of sp³-hybridized carbons (Fsp3) is 0.565. The number of ether oxygens (including phenoxy) is 2. The molecule has 0 spiro atoms. The zero-order valence-electron chi connectivity index (χ0n) is 37.9. The molecule has 0 aliphatic carbocycles. The Morgan fingerprint density at radius 1 is 0.641 bits per heavy atom. The van der Waals surface area contributed by atoms with Gasteiger partial charge in [0, 0.05) is 48.3 Å². The first kappa shape index (κ1) is 50.9. The van der Waals surface area contributed by atoms with Crippen molar-refractivity contribution in [3.63, 3.8) is 0 Å². The summed E-state index contributed by atoms with van der Waals surface area (Å²) in [5.41, 5.74) is 9.12. The molecule has 4 N–H and O–H groups in total. The first-order valence-electron chi connectivity index (χ1n) is 22.2. The normalized spacial score (nSPS) is 17.0. The number of pyridine rings is 2. The minimum Gasteiger partial charge on any atom is -0.373 e. The number of benzene rings is 2. The van der Waals surface area contributed by atoms with Crippen LogP contribution in [0.25, 0.3) is 21.8 Å². The van der Waals surface area contributed by atoms with Crippen molar-refractivity contribution < 1.29 is 46.3 Å². The largest absolute Gasteiger partial charge is 0.373 e. The molecule has 2 aliphatic rings. The number of para-hydroxylation sites is 2. The summed E-state index contributed by atoms with van der Waals surface area (Å²) >= 11 is 0. The number of carbonyl (C=O) groups is 2. The predicted molar refractivity (Wildman–Crippen MR) is 245 cm³/mol. The molecule has 2 fully saturated rings. The highest BCUT2D eigenvalue weighted by molar-refractivity contribution is 7.89. The SMILES string of the molecule is Cc1cc(COC2CCN(S(=O)(=O)CC(CC(C)C)C(=O)NO)CC2)c2ccccc2n1.Cc1cc(COC2CCN(S(=O)(=O)C[C@@H](CC(C)C)C(=O)NO)CC2)c2ccccc2n1. The van der Waals surface area contributed by atoms with Crippen LogP contribution in [0.15, 0.2) is 60.7 Å². The van der Waals surface area contributed by atoms with Gasteiger partial charge in [-0.1, -0.05) is 64.1 Å². The van der Waals surface area contributed by atoms with Crippen LogP contribution in [0.1, 0.15) is 88.7 Å². The monoisotopic (exact) mass is 926 g/mol. The van der Waals surface area contributed by atoms with E-state index < -0.39 is 43.7 Å². The number of nitrogens with zero attached hydrogens (tertiary/aromatic N) is 4. The number of hydrogen-bond donors (Lipinski definition) is 4. The van der Waals surface area contributed by atoms with Gasteiger partial charge in [0.15, 0.2) is 0 Å². The Hall–Kier alpha value is -4.14. The van der Waals surface area contributed by atoms with Crippen molar-refractivity contribution in [3.05, 3.63) is 83.2 Å². The lowest BCUT2D eigenvalue weighted by molar-refractivity contribution is -0.133. The van der Waals surface area contributed by atoms with Crippen LogP contribution < -0.4 is 11.0 Å². The Kier molecular flexibility index (Phi) is 18.6. The molecule has 2 saturated heterocycles. The van der Waals surface area contributed by atoms with Crippen molar-refractivity contribution in [1.29, 1.82) is 0 Å². The second kappa shape index (κ2) is 23.4. The second-order valence-corrected chi connectivity index (χ2v) is 21.9. The van der Waals surface area contributed by atoms with Gasteiger partial charge in [0.2, 0.25) is 31.9 Å². The van der Waals surface area contributed by atoms with E-state index in [1.807, 2.05) is 102 Å². The van der Waals surface area contributed by atoms with Gasteiger partial charge in [-0.25, -0.2) is 36.4 Å². The van der Waals surface area contributed by atoms with Gasteiger partial charge in [0.05, 0.1) is 59.8 Å². The molecule has 2 aromatic heterocycles. The summed E-state index contributed by atoms with van der Waals surface area (Å²) in [5, 5.41) is 20.1. The Bertz CT molecular complexity index is 2230. The average Bonchev–Trinajstić information content (AvgIpc) is 3.26. The van der Waals surface area contributed by atoms with Crippen LogP contribution in [-0.4, -0.2) is 108 Å². The minimum atomic E-state index is -3.61. The van der Waals surface area contributed by atoms with Crippen molar-refractivity contribution in [2.24, 2.45) is 23.7 Å². The van der Waals surface area contributed by atoms with Gasteiger partial charge < -0.3 is 9.47 Å². The molecule has 0 radical (unpaired) electrons. The number of amides is 2. The van der Waals surface area contributed by atoms with Gasteiger partial charge in [-0.05, 0) is 99.6 Å². The minimum absolute atomic E-state index is 0.0270. The van der Waals surface area contributed by atoms with E-state index in [2.05, 4.69) is 9.97 Å². The number of fused-ring (bicyclic) bond motifs is 2. The highest BCUT2D eigenvalue weighted by atomic mass is 32.2. The van der Waals surface area contributed by atoms with Crippen molar-refractivity contribution in [1.82, 2.24) is 29.5 Å². The third-order valence-electron chi connectivity index (χ3n) is 11.7. The van der Waals surface area contributed by atoms with E-state index in [1.54, 1.807) is 11.0 Å². The highest BCUT2D eigenvalue weighted by Gasteiger charge is 2.35. The van der Waals surface area contributed by atoms with E-state index in [1.165, 1.54) is 8.61 Å². The Morgan fingerprint density at radius 3 is 1.31 bits per heavy atom. The fourth-order valence-electron chi connectivity index (χ4n) is 8.54. The van der Waals surface area contributed by atoms with Crippen molar-refractivity contribution in [2.45, 2.75) is 105 Å². The number of nitrogens with one attached hydrogen (secondary N) is 2. The maximum absolute atomic E-state index is 12.9. The molecule has 2 atom stereocenters. The molecule has 1 unspecified atom stereocenters. The molecule has 18 heteroatoms. The van der Waals surface area contributed by atoms with Crippen LogP contribution in [-0.2, 0) is 52.3 Å². The van der Waals surface area contributed by atoms with Gasteiger partial charge >= 0.3 is 0 Å². The van der Waals surface area contributed by atoms with Crippen molar-refractivity contribution in [2.75, 3.05) is 37.7 Å². The molecule has 64 heavy (non-hydrogen) atoms. The Labute approximate surface area is 378 Å². The van der Waals surface area contributed by atoms with Gasteiger partial charge in [-0.15, -0.1) is 0 Å². The number of hydrogen-bond acceptors (Lipinski definition) is 12. The molecule has 2 aliphatic heterocycles. The van der Waals surface area contributed by atoms with Crippen molar-refractivity contribution >= 4 is 53.7 Å². The summed E-state index contributed by atoms with van der Waals surface area (Å²) in [4.78, 5) is 33.0. The predicted octanol–water partition coefficient (Wildman–Crippen LogP) is 6.04. The zero-order chi connectivity index (χ0) is 46.6. The number of sulfonamides is 2. The van der Waals surface area contributed by atoms with Gasteiger partial charge in [0.25, 0.3) is 0 Å². The van der Waals surface area contributed by atoms with Crippen LogP contribution in [0.5, 0.6) is 0 Å². The van der Waals surface area contributed by atoms with Crippen LogP contribution in [0, 0.1) is 37.5 Å². The molecule has 4 aromatic rings. The van der Waals surface area contributed by atoms with Crippen LogP contribution in [0.3, 0.4) is 0 Å². The first-order valence-corrected chi connectivity index (χ1v) is 25.4. The lowest BCUT2D eigenvalue weighted by atomic mass is 9.98. The maximum Gasteiger partial charge on any atom is 0.247 e. The molecule has 0 bridgehead atoms. The number of aromatic nitrogens is 2. The Balaban J connectivity index is 0.000000241. The average molecular weight is 927 g/mol. The third kappa shape index (κ3) is 14.4. The zero-order valence-corrected chi connectivity index (χ0v) is 39.5. The molecule has 2 amide bonds. The van der Waals surface area contributed by atoms with Gasteiger partial charge in [-0.3, -0.25) is 30.0 Å². The van der Waals surface area contributed by atoms with Crippen LogP contribution >= 0.6 is 0 Å². The van der Waals surface area contributed by atoms with Crippen LogP contribution in [0.2, 0.25) is 0 Å². The molecular weight excluding hydrogens is 861 g/mol. The number of hydroxylamine groups is 2. The number of carbonyl (C=O) groups excluding carboxylic acids is 2. The fourth-order valence-corrected chi connectivity index (χ4v) is 12.1. The quantitative estimate of drug-likeness (QED) is 0.0663. The Morgan fingerprint density at radius 2 is 0.984 bits per heavy atom. The summed E-state index contributed by atoms with van der Waals surface area (Å²) in [6.07, 6.45) is 3.13. The van der Waals surface area contributed by atoms with E-state index >= 15 is 0 Å². The summed E-state index contributed by atoms with van der Waals surface area (Å²) in [7, 11) is -7.22. The summed E-state index contributed by atoms with van der Waals surface area (Å²) in [5.74, 6) is -3.18. The molecule has 0 saturated carbocycles. The van der Waals surface area contributed by atoms with E-state index in [0.29, 0.717) is 77.9 Å². The molecule has 352 valence electrons. The maximum atomic E-state index is 12.9. The topological polar surface area (TPSA) is 218 Å². The van der Waals surface area contributed by atoms with E-state index in [-0.39, 0.29) is 35.5 Å². The second-order valence-electron chi connectivity index (χ2n) is 17.9. The lowest BCUT2D eigenvalue weighted by Gasteiger charge is -2.32. The smallest absolute Gasteiger partial charge is 0.247 e. The third-order valence-corrected chi connectivity index (χ3v) is 15.6. The molecular formula is C46H66N6O10S2. The summed E-state index contributed by atoms with van der Waals surface area (Å²) in [6, 6.07) is 20.0. The van der Waals surface area contributed by atoms with Crippen molar-refractivity contribution in [3.8, 4) is 0 Å². The number of piperidine rings is 2. The lowest BCUT2D eigenvalue weighted by Crippen LogP contribution is -2.44. The van der Waals surface area contributed by atoms with Gasteiger partial charge in [0.1, 0.15) is 0 Å². The number of rotatable bonds is 18. The van der Waals surface area contributed by atoms with E-state index in [9.17, 15) is 26.4 Å². The molecule has 2 aromatic carbocycles. The first-order chi connectivity index (χ1) is 30.4. The van der Waals surface area contributed by atoms with E-state index in [0.717, 1.165) is 44.3 Å². The summed E-state index contributed by atoms with van der Waals surface area (Å²) < 4.78 is 66.7. The number of aryl methyl sites for hydroxylation is 2.